The van der Waals surface area contributed by atoms with Gasteiger partial charge in [0.25, 0.3) is 0 Å². The lowest BCUT2D eigenvalue weighted by Gasteiger charge is -2.26. The van der Waals surface area contributed by atoms with Gasteiger partial charge in [0.2, 0.25) is 5.90 Å². The number of benzene rings is 1. The van der Waals surface area contributed by atoms with Crippen LogP contribution in [0, 0.1) is 0 Å². The SMILES string of the molecule is c1cc(C2=NCCO2)ccc1CN1CCCCC1. The van der Waals surface area contributed by atoms with E-state index < -0.39 is 0 Å². The lowest BCUT2D eigenvalue weighted by Crippen LogP contribution is -2.29. The van der Waals surface area contributed by atoms with Crippen molar-refractivity contribution in [3.05, 3.63) is 35.4 Å². The van der Waals surface area contributed by atoms with Gasteiger partial charge in [-0.2, -0.15) is 0 Å². The Balaban J connectivity index is 1.63. The maximum absolute atomic E-state index is 5.47. The molecule has 1 aromatic rings. The molecule has 0 unspecified atom stereocenters. The molecule has 0 amide bonds. The van der Waals surface area contributed by atoms with Gasteiger partial charge in [0.1, 0.15) is 6.61 Å². The number of nitrogens with zero attached hydrogens (tertiary/aromatic N) is 2. The molecule has 3 rings (SSSR count). The first kappa shape index (κ1) is 11.7. The summed E-state index contributed by atoms with van der Waals surface area (Å²) in [6.45, 7) is 5.10. The monoisotopic (exact) mass is 244 g/mol. The van der Waals surface area contributed by atoms with E-state index in [9.17, 15) is 0 Å². The van der Waals surface area contributed by atoms with Crippen molar-refractivity contribution in [2.75, 3.05) is 26.2 Å². The lowest BCUT2D eigenvalue weighted by atomic mass is 10.1. The molecule has 0 N–H and O–H groups in total. The Labute approximate surface area is 108 Å². The van der Waals surface area contributed by atoms with E-state index in [1.165, 1.54) is 37.9 Å². The van der Waals surface area contributed by atoms with Gasteiger partial charge >= 0.3 is 0 Å². The van der Waals surface area contributed by atoms with Crippen LogP contribution in [-0.4, -0.2) is 37.0 Å². The van der Waals surface area contributed by atoms with Gasteiger partial charge in [0.15, 0.2) is 0 Å². The summed E-state index contributed by atoms with van der Waals surface area (Å²) in [6.07, 6.45) is 4.10. The van der Waals surface area contributed by atoms with Gasteiger partial charge in [0.05, 0.1) is 6.54 Å². The molecule has 0 bridgehead atoms. The molecule has 0 atom stereocenters. The van der Waals surface area contributed by atoms with E-state index in [1.54, 1.807) is 0 Å². The maximum Gasteiger partial charge on any atom is 0.216 e. The number of hydrogen-bond donors (Lipinski definition) is 0. The van der Waals surface area contributed by atoms with Gasteiger partial charge in [0, 0.05) is 12.1 Å². The minimum absolute atomic E-state index is 0.727. The third-order valence-electron chi connectivity index (χ3n) is 3.64. The summed E-state index contributed by atoms with van der Waals surface area (Å²) < 4.78 is 5.47. The number of aliphatic imine (C=N–C) groups is 1. The first-order valence-electron chi connectivity index (χ1n) is 6.91. The van der Waals surface area contributed by atoms with E-state index in [0.717, 1.165) is 31.2 Å². The van der Waals surface area contributed by atoms with Crippen LogP contribution in [0.1, 0.15) is 30.4 Å². The van der Waals surface area contributed by atoms with Gasteiger partial charge in [-0.25, -0.2) is 4.99 Å². The fourth-order valence-corrected chi connectivity index (χ4v) is 2.64. The highest BCUT2D eigenvalue weighted by molar-refractivity contribution is 5.94. The zero-order chi connectivity index (χ0) is 12.2. The molecule has 2 aliphatic rings. The smallest absolute Gasteiger partial charge is 0.216 e. The molecule has 1 fully saturated rings. The minimum atomic E-state index is 0.727. The van der Waals surface area contributed by atoms with E-state index in [2.05, 4.69) is 34.2 Å². The molecule has 2 aliphatic heterocycles. The predicted octanol–water partition coefficient (Wildman–Crippen LogP) is 2.45. The molecular weight excluding hydrogens is 224 g/mol. The maximum atomic E-state index is 5.47. The van der Waals surface area contributed by atoms with E-state index in [0.29, 0.717) is 0 Å². The van der Waals surface area contributed by atoms with Gasteiger partial charge in [-0.3, -0.25) is 4.90 Å². The zero-order valence-electron chi connectivity index (χ0n) is 10.8. The van der Waals surface area contributed by atoms with Crippen LogP contribution in [0.15, 0.2) is 29.3 Å². The molecule has 0 aromatic heterocycles. The fourth-order valence-electron chi connectivity index (χ4n) is 2.64. The van der Waals surface area contributed by atoms with Gasteiger partial charge in [-0.1, -0.05) is 18.6 Å². The molecule has 0 spiro atoms. The summed E-state index contributed by atoms with van der Waals surface area (Å²) in [7, 11) is 0. The molecule has 3 nitrogen and oxygen atoms in total. The van der Waals surface area contributed by atoms with Crippen LogP contribution in [0.4, 0.5) is 0 Å². The number of hydrogen-bond acceptors (Lipinski definition) is 3. The second kappa shape index (κ2) is 5.53. The lowest BCUT2D eigenvalue weighted by molar-refractivity contribution is 0.221. The van der Waals surface area contributed by atoms with Crippen molar-refractivity contribution in [3.63, 3.8) is 0 Å². The molecule has 2 heterocycles. The van der Waals surface area contributed by atoms with Crippen molar-refractivity contribution in [1.82, 2.24) is 4.90 Å². The van der Waals surface area contributed by atoms with Crippen LogP contribution >= 0.6 is 0 Å². The highest BCUT2D eigenvalue weighted by Gasteiger charge is 2.12. The predicted molar refractivity (Wildman–Crippen MR) is 72.9 cm³/mol. The fraction of sp³-hybridized carbons (Fsp3) is 0.533. The number of rotatable bonds is 3. The number of likely N-dealkylation sites (tertiary alicyclic amines) is 1. The second-order valence-corrected chi connectivity index (χ2v) is 5.07. The summed E-state index contributed by atoms with van der Waals surface area (Å²) in [5.41, 5.74) is 2.49. The van der Waals surface area contributed by atoms with Gasteiger partial charge in [-0.15, -0.1) is 0 Å². The molecule has 1 aromatic carbocycles. The van der Waals surface area contributed by atoms with Crippen molar-refractivity contribution in [2.24, 2.45) is 4.99 Å². The van der Waals surface area contributed by atoms with E-state index in [1.807, 2.05) is 0 Å². The third kappa shape index (κ3) is 2.72. The average molecular weight is 244 g/mol. The van der Waals surface area contributed by atoms with Crippen LogP contribution in [0.25, 0.3) is 0 Å². The zero-order valence-corrected chi connectivity index (χ0v) is 10.8. The highest BCUT2D eigenvalue weighted by Crippen LogP contribution is 2.14. The molecule has 96 valence electrons. The summed E-state index contributed by atoms with van der Waals surface area (Å²) in [4.78, 5) is 6.88. The van der Waals surface area contributed by atoms with Crippen LogP contribution in [0.5, 0.6) is 0 Å². The van der Waals surface area contributed by atoms with E-state index in [-0.39, 0.29) is 0 Å². The Morgan fingerprint density at radius 2 is 1.83 bits per heavy atom. The summed E-state index contributed by atoms with van der Waals surface area (Å²) in [5, 5.41) is 0. The van der Waals surface area contributed by atoms with Crippen LogP contribution < -0.4 is 0 Å². The van der Waals surface area contributed by atoms with E-state index in [4.69, 9.17) is 4.74 Å². The summed E-state index contributed by atoms with van der Waals surface area (Å²) >= 11 is 0. The van der Waals surface area contributed by atoms with Crippen molar-refractivity contribution in [2.45, 2.75) is 25.8 Å². The second-order valence-electron chi connectivity index (χ2n) is 5.07. The normalized spacial score (nSPS) is 20.6. The Bertz CT molecular complexity index is 419. The van der Waals surface area contributed by atoms with E-state index >= 15 is 0 Å². The van der Waals surface area contributed by atoms with Crippen molar-refractivity contribution in [3.8, 4) is 0 Å². The molecule has 0 radical (unpaired) electrons. The molecule has 1 saturated heterocycles. The Hall–Kier alpha value is -1.35. The van der Waals surface area contributed by atoms with Crippen molar-refractivity contribution in [1.29, 1.82) is 0 Å². The van der Waals surface area contributed by atoms with Crippen LogP contribution in [0.3, 0.4) is 0 Å². The topological polar surface area (TPSA) is 24.8 Å². The first-order valence-corrected chi connectivity index (χ1v) is 6.91. The standard InChI is InChI=1S/C15H20N2O/c1-2-9-17(10-3-1)12-13-4-6-14(7-5-13)15-16-8-11-18-15/h4-7H,1-3,8-12H2. The van der Waals surface area contributed by atoms with Gasteiger partial charge < -0.3 is 4.74 Å². The Morgan fingerprint density at radius 3 is 2.50 bits per heavy atom. The Morgan fingerprint density at radius 1 is 1.06 bits per heavy atom. The minimum Gasteiger partial charge on any atom is -0.476 e. The van der Waals surface area contributed by atoms with Crippen LogP contribution in [-0.2, 0) is 11.3 Å². The molecule has 0 saturated carbocycles. The molecule has 0 aliphatic carbocycles. The quantitative estimate of drug-likeness (QED) is 0.816. The first-order chi connectivity index (χ1) is 8.92. The summed E-state index contributed by atoms with van der Waals surface area (Å²) in [5.74, 6) is 0.805. The third-order valence-corrected chi connectivity index (χ3v) is 3.64. The number of piperidine rings is 1. The largest absolute Gasteiger partial charge is 0.476 e. The summed E-state index contributed by atoms with van der Waals surface area (Å²) in [6, 6.07) is 8.66. The van der Waals surface area contributed by atoms with Crippen LogP contribution in [0.2, 0.25) is 0 Å². The Kier molecular flexibility index (Phi) is 3.60. The van der Waals surface area contributed by atoms with Crippen molar-refractivity contribution >= 4 is 5.90 Å². The average Bonchev–Trinajstić information content (AvgIpc) is 2.95. The van der Waals surface area contributed by atoms with Gasteiger partial charge in [-0.05, 0) is 43.6 Å². The number of ether oxygens (including phenoxy) is 1. The molecular formula is C15H20N2O. The highest BCUT2D eigenvalue weighted by atomic mass is 16.5. The van der Waals surface area contributed by atoms with Crippen molar-refractivity contribution < 1.29 is 4.74 Å². The molecule has 3 heteroatoms. The molecule has 18 heavy (non-hydrogen) atoms.